The quantitative estimate of drug-likeness (QED) is 0.449. The van der Waals surface area contributed by atoms with Gasteiger partial charge in [0.1, 0.15) is 17.0 Å². The molecule has 36 heavy (non-hydrogen) atoms. The van der Waals surface area contributed by atoms with Crippen molar-refractivity contribution in [2.75, 3.05) is 31.7 Å². The highest BCUT2D eigenvalue weighted by molar-refractivity contribution is 8.24. The second-order valence-corrected chi connectivity index (χ2v) is 13.8. The van der Waals surface area contributed by atoms with Crippen molar-refractivity contribution in [2.24, 2.45) is 7.05 Å². The number of nitrogens with one attached hydrogen (secondary N) is 1. The second kappa shape index (κ2) is 9.45. The van der Waals surface area contributed by atoms with Gasteiger partial charge in [-0.25, -0.2) is 18.1 Å². The van der Waals surface area contributed by atoms with Gasteiger partial charge >= 0.3 is 0 Å². The number of aryl methyl sites for hydroxylation is 1. The molecular weight excluding hydrogens is 506 g/mol. The molecule has 196 valence electrons. The molecule has 1 saturated carbocycles. The van der Waals surface area contributed by atoms with Gasteiger partial charge in [0.05, 0.1) is 34.8 Å². The van der Waals surface area contributed by atoms with E-state index in [2.05, 4.69) is 15.1 Å². The van der Waals surface area contributed by atoms with Crippen molar-refractivity contribution in [2.45, 2.75) is 42.9 Å². The number of benzene rings is 1. The van der Waals surface area contributed by atoms with E-state index in [1.54, 1.807) is 17.8 Å². The van der Waals surface area contributed by atoms with Crippen LogP contribution in [0.1, 0.15) is 43.7 Å². The molecule has 3 heterocycles. The number of aromatic nitrogens is 4. The lowest BCUT2D eigenvalue weighted by atomic mass is 9.86. The predicted molar refractivity (Wildman–Crippen MR) is 138 cm³/mol. The summed E-state index contributed by atoms with van der Waals surface area (Å²) in [6, 6.07) is 4.41. The Morgan fingerprint density at radius 1 is 1.14 bits per heavy atom. The second-order valence-electron chi connectivity index (χ2n) is 9.43. The summed E-state index contributed by atoms with van der Waals surface area (Å²) in [5.74, 6) is 0.779. The third-order valence-corrected chi connectivity index (χ3v) is 10.7. The zero-order valence-electron chi connectivity index (χ0n) is 20.3. The van der Waals surface area contributed by atoms with Crippen LogP contribution in [0.3, 0.4) is 0 Å². The molecule has 2 fully saturated rings. The summed E-state index contributed by atoms with van der Waals surface area (Å²) in [5, 5.41) is 5.15. The van der Waals surface area contributed by atoms with Gasteiger partial charge in [0, 0.05) is 32.1 Å². The first-order chi connectivity index (χ1) is 17.1. The fourth-order valence-electron chi connectivity index (χ4n) is 5.10. The van der Waals surface area contributed by atoms with E-state index in [-0.39, 0.29) is 52.5 Å². The third kappa shape index (κ3) is 4.54. The van der Waals surface area contributed by atoms with Gasteiger partial charge in [0.15, 0.2) is 5.65 Å². The van der Waals surface area contributed by atoms with Crippen LogP contribution in [0.5, 0.6) is 5.75 Å². The summed E-state index contributed by atoms with van der Waals surface area (Å²) in [5.41, 5.74) is 1.43. The van der Waals surface area contributed by atoms with E-state index in [1.165, 1.54) is 30.0 Å². The summed E-state index contributed by atoms with van der Waals surface area (Å²) in [7, 11) is -3.40. The van der Waals surface area contributed by atoms with Crippen LogP contribution in [0.4, 0.5) is 0 Å². The lowest BCUT2D eigenvalue weighted by Crippen LogP contribution is -2.42. The van der Waals surface area contributed by atoms with Crippen LogP contribution in [0.2, 0.25) is 0 Å². The zero-order chi connectivity index (χ0) is 25.7. The molecule has 3 N–H and O–H groups in total. The van der Waals surface area contributed by atoms with E-state index >= 15 is 0 Å². The molecule has 2 aliphatic rings. The van der Waals surface area contributed by atoms with Crippen LogP contribution in [0, 0.1) is 0 Å². The number of hydrogen-bond donors (Lipinski definition) is 3. The summed E-state index contributed by atoms with van der Waals surface area (Å²) in [4.78, 5) is 20.8. The first kappa shape index (κ1) is 25.2. The molecular formula is C23H31N5O6S2. The van der Waals surface area contributed by atoms with Crippen molar-refractivity contribution in [3.8, 4) is 17.1 Å². The van der Waals surface area contributed by atoms with E-state index in [4.69, 9.17) is 4.74 Å². The normalized spacial score (nSPS) is 20.4. The molecule has 1 aliphatic heterocycles. The van der Waals surface area contributed by atoms with Gasteiger partial charge in [-0.3, -0.25) is 13.9 Å². The zero-order valence-corrected chi connectivity index (χ0v) is 21.9. The molecule has 11 nitrogen and oxygen atoms in total. The number of sulfonamides is 1. The molecule has 3 aromatic rings. The van der Waals surface area contributed by atoms with E-state index in [0.717, 1.165) is 31.4 Å². The van der Waals surface area contributed by atoms with Crippen LogP contribution in [-0.4, -0.2) is 73.3 Å². The first-order valence-electron chi connectivity index (χ1n) is 12.0. The lowest BCUT2D eigenvalue weighted by Gasteiger charge is -2.40. The lowest BCUT2D eigenvalue weighted by molar-refractivity contribution is 0.400. The van der Waals surface area contributed by atoms with Crippen LogP contribution < -0.4 is 10.3 Å². The van der Waals surface area contributed by atoms with Crippen molar-refractivity contribution >= 4 is 31.6 Å². The van der Waals surface area contributed by atoms with Crippen molar-refractivity contribution in [3.05, 3.63) is 34.2 Å². The number of nitrogens with zero attached hydrogens (tertiary/aromatic N) is 4. The van der Waals surface area contributed by atoms with E-state index in [1.807, 2.05) is 0 Å². The Balaban J connectivity index is 1.52. The fraction of sp³-hybridized carbons (Fsp3) is 0.522. The first-order valence-corrected chi connectivity index (χ1v) is 15.3. The molecule has 1 aliphatic carbocycles. The van der Waals surface area contributed by atoms with E-state index < -0.39 is 20.6 Å². The van der Waals surface area contributed by atoms with Crippen molar-refractivity contribution < 1.29 is 22.3 Å². The molecule has 1 aromatic carbocycles. The van der Waals surface area contributed by atoms with Gasteiger partial charge < -0.3 is 9.72 Å². The number of H-pyrrole nitrogens is 1. The molecule has 2 aromatic heterocycles. The van der Waals surface area contributed by atoms with Gasteiger partial charge in [0.2, 0.25) is 10.0 Å². The smallest absolute Gasteiger partial charge is 0.262 e. The summed E-state index contributed by atoms with van der Waals surface area (Å²) >= 11 is 0. The Morgan fingerprint density at radius 2 is 1.83 bits per heavy atom. The van der Waals surface area contributed by atoms with Crippen LogP contribution >= 0.6 is 10.6 Å². The Morgan fingerprint density at radius 3 is 2.50 bits per heavy atom. The molecule has 0 spiro atoms. The minimum atomic E-state index is -3.86. The number of fused-ring (bicyclic) bond motifs is 1. The van der Waals surface area contributed by atoms with Gasteiger partial charge in [0.25, 0.3) is 5.56 Å². The van der Waals surface area contributed by atoms with E-state index in [9.17, 15) is 22.3 Å². The molecule has 0 amide bonds. The Hall–Kier alpha value is -2.45. The van der Waals surface area contributed by atoms with Crippen LogP contribution in [-0.2, 0) is 17.1 Å². The average molecular weight is 538 g/mol. The standard InChI is InChI=1S/C23H31N5O6S2/c1-27-22-19(20(26-27)15-6-4-3-5-7-15)23(29)25-21(24-22)17-9-8-16(14-18(17)34-2)36(32,33)28-10-12-35(30,31)13-11-28/h8-9,14-15,30-31H,3-7,10-13H2,1-2H3,(H,24,25,29). The van der Waals surface area contributed by atoms with E-state index in [0.29, 0.717) is 16.6 Å². The van der Waals surface area contributed by atoms with Gasteiger partial charge in [-0.2, -0.15) is 20.0 Å². The Labute approximate surface area is 210 Å². The van der Waals surface area contributed by atoms with Crippen molar-refractivity contribution in [1.29, 1.82) is 0 Å². The topological polar surface area (TPSA) is 151 Å². The Bertz CT molecular complexity index is 1450. The number of methoxy groups -OCH3 is 1. The highest BCUT2D eigenvalue weighted by Gasteiger charge is 2.32. The number of aromatic amines is 1. The molecule has 0 unspecified atom stereocenters. The number of ether oxygens (including phenoxy) is 1. The third-order valence-electron chi connectivity index (χ3n) is 7.11. The maximum absolute atomic E-state index is 13.2. The minimum Gasteiger partial charge on any atom is -0.496 e. The van der Waals surface area contributed by atoms with Crippen LogP contribution in [0.25, 0.3) is 22.4 Å². The van der Waals surface area contributed by atoms with Gasteiger partial charge in [-0.1, -0.05) is 19.3 Å². The SMILES string of the molecule is COc1cc(S(=O)(=O)N2CCS(O)(O)CC2)ccc1-c1nc2c(c(C3CCCCC3)nn2C)c(=O)[nH]1. The minimum absolute atomic E-state index is 0.0141. The molecule has 1 saturated heterocycles. The van der Waals surface area contributed by atoms with Crippen molar-refractivity contribution in [3.63, 3.8) is 0 Å². The van der Waals surface area contributed by atoms with Gasteiger partial charge in [-0.15, -0.1) is 0 Å². The average Bonchev–Trinajstić information content (AvgIpc) is 3.20. The fourth-order valence-corrected chi connectivity index (χ4v) is 8.02. The molecule has 0 bridgehead atoms. The highest BCUT2D eigenvalue weighted by Crippen LogP contribution is 2.42. The highest BCUT2D eigenvalue weighted by atomic mass is 32.3. The summed E-state index contributed by atoms with van der Waals surface area (Å²) in [6.45, 7) is 0.0637. The number of rotatable bonds is 5. The van der Waals surface area contributed by atoms with Gasteiger partial charge in [-0.05, 0) is 25.0 Å². The molecule has 5 rings (SSSR count). The largest absolute Gasteiger partial charge is 0.496 e. The maximum Gasteiger partial charge on any atom is 0.262 e. The Kier molecular flexibility index (Phi) is 6.62. The predicted octanol–water partition coefficient (Wildman–Crippen LogP) is 3.13. The monoisotopic (exact) mass is 537 g/mol. The van der Waals surface area contributed by atoms with Crippen LogP contribution in [0.15, 0.2) is 27.9 Å². The molecule has 0 atom stereocenters. The molecule has 0 radical (unpaired) electrons. The summed E-state index contributed by atoms with van der Waals surface area (Å²) < 4.78 is 54.4. The summed E-state index contributed by atoms with van der Waals surface area (Å²) in [6.07, 6.45) is 5.46. The number of hydrogen-bond acceptors (Lipinski definition) is 8. The maximum atomic E-state index is 13.2. The van der Waals surface area contributed by atoms with Crippen molar-refractivity contribution in [1.82, 2.24) is 24.1 Å². The molecule has 13 heteroatoms.